The molecule has 2 heterocycles. The van der Waals surface area contributed by atoms with E-state index in [1.54, 1.807) is 6.07 Å². The first-order valence-electron chi connectivity index (χ1n) is 7.67. The standard InChI is InChI=1S/C18H15NO5S/c1-25(21,22)24-9-11-6-7-13-12(8-11)10-23-17(13)16-14-4-2-3-5-15(14)19-18(16)20/h2-8H,9-10H2,1H3,(H,19,20). The monoisotopic (exact) mass is 357 g/mol. The van der Waals surface area contributed by atoms with Crippen LogP contribution in [0.1, 0.15) is 22.3 Å². The molecule has 25 heavy (non-hydrogen) atoms. The van der Waals surface area contributed by atoms with E-state index >= 15 is 0 Å². The minimum absolute atomic E-state index is 0.0265. The Balaban J connectivity index is 1.72. The third-order valence-corrected chi connectivity index (χ3v) is 4.67. The van der Waals surface area contributed by atoms with Crippen LogP contribution in [0.3, 0.4) is 0 Å². The largest absolute Gasteiger partial charge is 0.487 e. The van der Waals surface area contributed by atoms with E-state index in [1.807, 2.05) is 36.4 Å². The minimum atomic E-state index is -3.49. The SMILES string of the molecule is CS(=O)(=O)OCc1ccc2c(c1)COC2=C1C(=O)Nc2ccccc21. The Bertz CT molecular complexity index is 1020. The smallest absolute Gasteiger partial charge is 0.264 e. The second-order valence-corrected chi connectivity index (χ2v) is 7.59. The number of carbonyl (C=O) groups excluding carboxylic acids is 1. The molecule has 6 nitrogen and oxygen atoms in total. The average molecular weight is 357 g/mol. The van der Waals surface area contributed by atoms with Crippen LogP contribution in [0.4, 0.5) is 5.69 Å². The van der Waals surface area contributed by atoms with E-state index < -0.39 is 10.1 Å². The molecular weight excluding hydrogens is 342 g/mol. The van der Waals surface area contributed by atoms with Crippen LogP contribution in [0.25, 0.3) is 11.3 Å². The van der Waals surface area contributed by atoms with Crippen LogP contribution in [0.5, 0.6) is 0 Å². The summed E-state index contributed by atoms with van der Waals surface area (Å²) in [6.45, 7) is 0.303. The van der Waals surface area contributed by atoms with Gasteiger partial charge in [0.25, 0.3) is 16.0 Å². The van der Waals surface area contributed by atoms with Crippen molar-refractivity contribution in [3.05, 3.63) is 64.7 Å². The quantitative estimate of drug-likeness (QED) is 0.674. The molecule has 0 atom stereocenters. The summed E-state index contributed by atoms with van der Waals surface area (Å²) in [6.07, 6.45) is 1.02. The lowest BCUT2D eigenvalue weighted by Crippen LogP contribution is -2.05. The zero-order chi connectivity index (χ0) is 17.6. The summed E-state index contributed by atoms with van der Waals surface area (Å²) < 4.78 is 32.9. The lowest BCUT2D eigenvalue weighted by atomic mass is 9.99. The fourth-order valence-electron chi connectivity index (χ4n) is 3.03. The van der Waals surface area contributed by atoms with Gasteiger partial charge >= 0.3 is 0 Å². The van der Waals surface area contributed by atoms with Gasteiger partial charge < -0.3 is 10.1 Å². The molecule has 0 aromatic heterocycles. The van der Waals surface area contributed by atoms with Gasteiger partial charge in [-0.15, -0.1) is 0 Å². The zero-order valence-corrected chi connectivity index (χ0v) is 14.2. The summed E-state index contributed by atoms with van der Waals surface area (Å²) in [4.78, 5) is 12.4. The summed E-state index contributed by atoms with van der Waals surface area (Å²) in [5, 5.41) is 2.84. The maximum atomic E-state index is 12.4. The van der Waals surface area contributed by atoms with Crippen LogP contribution in [0.2, 0.25) is 0 Å². The number of nitrogens with one attached hydrogen (secondary N) is 1. The highest BCUT2D eigenvalue weighted by molar-refractivity contribution is 7.85. The van der Waals surface area contributed by atoms with Crippen molar-refractivity contribution in [3.63, 3.8) is 0 Å². The first-order valence-corrected chi connectivity index (χ1v) is 9.48. The van der Waals surface area contributed by atoms with Gasteiger partial charge in [-0.1, -0.05) is 30.3 Å². The number of hydrogen-bond donors (Lipinski definition) is 1. The molecule has 2 aromatic rings. The normalized spacial score (nSPS) is 18.5. The first-order chi connectivity index (χ1) is 11.9. The van der Waals surface area contributed by atoms with Gasteiger partial charge in [0.05, 0.1) is 18.4 Å². The van der Waals surface area contributed by atoms with E-state index in [9.17, 15) is 13.2 Å². The molecule has 128 valence electrons. The Morgan fingerprint density at radius 2 is 1.96 bits per heavy atom. The van der Waals surface area contributed by atoms with Crippen molar-refractivity contribution in [2.24, 2.45) is 0 Å². The predicted molar refractivity (Wildman–Crippen MR) is 92.7 cm³/mol. The Morgan fingerprint density at radius 1 is 1.16 bits per heavy atom. The molecule has 2 aliphatic heterocycles. The maximum Gasteiger partial charge on any atom is 0.264 e. The second kappa shape index (κ2) is 5.72. The summed E-state index contributed by atoms with van der Waals surface area (Å²) in [7, 11) is -3.49. The van der Waals surface area contributed by atoms with Crippen molar-refractivity contribution in [2.75, 3.05) is 11.6 Å². The van der Waals surface area contributed by atoms with Crippen LogP contribution in [0, 0.1) is 0 Å². The Hall–Kier alpha value is -2.64. The molecule has 0 unspecified atom stereocenters. The van der Waals surface area contributed by atoms with Gasteiger partial charge in [-0.3, -0.25) is 8.98 Å². The van der Waals surface area contributed by atoms with Crippen molar-refractivity contribution < 1.29 is 22.1 Å². The summed E-state index contributed by atoms with van der Waals surface area (Å²) >= 11 is 0. The fraction of sp³-hybridized carbons (Fsp3) is 0.167. The van der Waals surface area contributed by atoms with Crippen LogP contribution >= 0.6 is 0 Å². The molecule has 0 bridgehead atoms. The lowest BCUT2D eigenvalue weighted by molar-refractivity contribution is -0.110. The molecule has 2 aliphatic rings. The fourth-order valence-corrected chi connectivity index (χ4v) is 3.38. The molecule has 4 rings (SSSR count). The van der Waals surface area contributed by atoms with Crippen molar-refractivity contribution in [2.45, 2.75) is 13.2 Å². The van der Waals surface area contributed by atoms with Gasteiger partial charge in [0.15, 0.2) is 0 Å². The van der Waals surface area contributed by atoms with Crippen LogP contribution in [-0.4, -0.2) is 20.6 Å². The van der Waals surface area contributed by atoms with E-state index in [4.69, 9.17) is 8.92 Å². The third kappa shape index (κ3) is 2.92. The van der Waals surface area contributed by atoms with Gasteiger partial charge in [-0.25, -0.2) is 0 Å². The number of benzene rings is 2. The number of rotatable bonds is 3. The van der Waals surface area contributed by atoms with E-state index in [-0.39, 0.29) is 12.5 Å². The highest BCUT2D eigenvalue weighted by atomic mass is 32.2. The van der Waals surface area contributed by atoms with E-state index in [1.165, 1.54) is 0 Å². The summed E-state index contributed by atoms with van der Waals surface area (Å²) in [5.41, 5.74) is 4.58. The zero-order valence-electron chi connectivity index (χ0n) is 13.4. The highest BCUT2D eigenvalue weighted by Gasteiger charge is 2.32. The topological polar surface area (TPSA) is 81.7 Å². The third-order valence-electron chi connectivity index (χ3n) is 4.12. The van der Waals surface area contributed by atoms with Gasteiger partial charge in [0.2, 0.25) is 0 Å². The highest BCUT2D eigenvalue weighted by Crippen LogP contribution is 2.41. The summed E-state index contributed by atoms with van der Waals surface area (Å²) in [5.74, 6) is 0.363. The molecule has 0 saturated heterocycles. The molecule has 7 heteroatoms. The van der Waals surface area contributed by atoms with Crippen molar-refractivity contribution in [3.8, 4) is 0 Å². The van der Waals surface area contributed by atoms with Gasteiger partial charge in [0.1, 0.15) is 12.4 Å². The molecule has 1 N–H and O–H groups in total. The van der Waals surface area contributed by atoms with E-state index in [0.717, 1.165) is 34.2 Å². The van der Waals surface area contributed by atoms with Crippen LogP contribution in [0.15, 0.2) is 42.5 Å². The number of carbonyl (C=O) groups is 1. The Kier molecular flexibility index (Phi) is 3.63. The number of hydrogen-bond acceptors (Lipinski definition) is 5. The number of amides is 1. The van der Waals surface area contributed by atoms with Gasteiger partial charge in [0, 0.05) is 22.4 Å². The minimum Gasteiger partial charge on any atom is -0.487 e. The number of para-hydroxylation sites is 1. The number of fused-ring (bicyclic) bond motifs is 2. The van der Waals surface area contributed by atoms with Crippen molar-refractivity contribution >= 4 is 33.0 Å². The molecule has 0 spiro atoms. The molecule has 1 amide bonds. The molecule has 0 radical (unpaired) electrons. The molecule has 0 saturated carbocycles. The van der Waals surface area contributed by atoms with E-state index in [0.29, 0.717) is 17.9 Å². The maximum absolute atomic E-state index is 12.4. The summed E-state index contributed by atoms with van der Waals surface area (Å²) in [6, 6.07) is 12.9. The molecular formula is C18H15NO5S. The average Bonchev–Trinajstić information content (AvgIpc) is 3.11. The van der Waals surface area contributed by atoms with Crippen molar-refractivity contribution in [1.82, 2.24) is 0 Å². The van der Waals surface area contributed by atoms with Crippen LogP contribution in [-0.2, 0) is 37.0 Å². The number of ether oxygens (including phenoxy) is 1. The van der Waals surface area contributed by atoms with E-state index in [2.05, 4.69) is 5.32 Å². The second-order valence-electron chi connectivity index (χ2n) is 5.95. The molecule has 2 aromatic carbocycles. The van der Waals surface area contributed by atoms with Gasteiger partial charge in [-0.05, 0) is 17.7 Å². The number of anilines is 1. The molecule has 0 fully saturated rings. The van der Waals surface area contributed by atoms with Crippen molar-refractivity contribution in [1.29, 1.82) is 0 Å². The Labute approximate surface area is 145 Å². The first kappa shape index (κ1) is 15.9. The van der Waals surface area contributed by atoms with Crippen LogP contribution < -0.4 is 5.32 Å². The lowest BCUT2D eigenvalue weighted by Gasteiger charge is -2.06. The van der Waals surface area contributed by atoms with Gasteiger partial charge in [-0.2, -0.15) is 8.42 Å². The predicted octanol–water partition coefficient (Wildman–Crippen LogP) is 2.51. The molecule has 0 aliphatic carbocycles. The Morgan fingerprint density at radius 3 is 2.76 bits per heavy atom.